The van der Waals surface area contributed by atoms with Crippen LogP contribution in [-0.4, -0.2) is 64.3 Å². The van der Waals surface area contributed by atoms with Gasteiger partial charge in [-0.05, 0) is 56.3 Å². The minimum Gasteiger partial charge on any atom is -0.492 e. The highest BCUT2D eigenvalue weighted by Crippen LogP contribution is 2.33. The molecule has 2 aliphatic rings. The fourth-order valence-corrected chi connectivity index (χ4v) is 5.01. The SMILES string of the molecule is CNC[C@@H](NS(=O)(=O)CCCCCN1CC(=O)NC1=O)c1ccc(Cl)c(OCC2CC2)c1. The number of halogens is 1. The quantitative estimate of drug-likeness (QED) is 0.273. The highest BCUT2D eigenvalue weighted by Gasteiger charge is 2.26. The van der Waals surface area contributed by atoms with Crippen LogP contribution >= 0.6 is 11.6 Å². The van der Waals surface area contributed by atoms with Crippen LogP contribution in [0.15, 0.2) is 18.2 Å². The first kappa shape index (κ1) is 24.8. The number of likely N-dealkylation sites (N-methyl/N-ethyl adjacent to an activating group) is 1. The molecule has 1 aliphatic heterocycles. The summed E-state index contributed by atoms with van der Waals surface area (Å²) in [6, 6.07) is 4.50. The molecule has 9 nitrogen and oxygen atoms in total. The van der Waals surface area contributed by atoms with E-state index >= 15 is 0 Å². The minimum absolute atomic E-state index is 0.0169. The van der Waals surface area contributed by atoms with E-state index in [1.54, 1.807) is 25.2 Å². The third-order valence-electron chi connectivity index (χ3n) is 5.47. The second-order valence-electron chi connectivity index (χ2n) is 8.33. The molecule has 2 fully saturated rings. The molecule has 3 amide bonds. The number of nitrogens with zero attached hydrogens (tertiary/aromatic N) is 1. The smallest absolute Gasteiger partial charge is 0.324 e. The van der Waals surface area contributed by atoms with E-state index in [1.165, 1.54) is 17.7 Å². The van der Waals surface area contributed by atoms with Gasteiger partial charge in [-0.3, -0.25) is 10.1 Å². The molecule has 1 aromatic carbocycles. The monoisotopic (exact) mass is 486 g/mol. The van der Waals surface area contributed by atoms with Crippen molar-refractivity contribution in [1.82, 2.24) is 20.3 Å². The largest absolute Gasteiger partial charge is 0.492 e. The zero-order valence-electron chi connectivity index (χ0n) is 18.2. The number of urea groups is 1. The van der Waals surface area contributed by atoms with Crippen LogP contribution in [0.4, 0.5) is 4.79 Å². The Balaban J connectivity index is 1.49. The number of rotatable bonds is 14. The lowest BCUT2D eigenvalue weighted by Gasteiger charge is -2.20. The standard InChI is InChI=1S/C21H31ClN4O5S/c1-23-12-18(16-7-8-17(22)19(11-16)31-14-15-5-6-15)25-32(29,30)10-4-2-3-9-26-13-20(27)24-21(26)28/h7-8,11,15,18,23,25H,2-6,9-10,12-14H2,1H3,(H,24,27,28)/t18-/m1/s1. The Hall–Kier alpha value is -1.88. The van der Waals surface area contributed by atoms with Crippen LogP contribution in [0.1, 0.15) is 43.7 Å². The van der Waals surface area contributed by atoms with Crippen LogP contribution in [0, 0.1) is 5.92 Å². The van der Waals surface area contributed by atoms with Crippen LogP contribution in [0.25, 0.3) is 0 Å². The van der Waals surface area contributed by atoms with Gasteiger partial charge in [0, 0.05) is 13.1 Å². The van der Waals surface area contributed by atoms with Gasteiger partial charge in [-0.2, -0.15) is 0 Å². The number of sulfonamides is 1. The average molecular weight is 487 g/mol. The molecule has 0 aromatic heterocycles. The molecule has 0 unspecified atom stereocenters. The van der Waals surface area contributed by atoms with Crippen LogP contribution in [0.3, 0.4) is 0 Å². The molecule has 178 valence electrons. The van der Waals surface area contributed by atoms with Crippen LogP contribution < -0.4 is 20.1 Å². The maximum absolute atomic E-state index is 12.7. The van der Waals surface area contributed by atoms with Crippen molar-refractivity contribution >= 4 is 33.6 Å². The van der Waals surface area contributed by atoms with E-state index in [0.29, 0.717) is 55.6 Å². The van der Waals surface area contributed by atoms with Gasteiger partial charge in [0.2, 0.25) is 15.9 Å². The van der Waals surface area contributed by atoms with Crippen molar-refractivity contribution in [3.05, 3.63) is 28.8 Å². The fraction of sp³-hybridized carbons (Fsp3) is 0.619. The van der Waals surface area contributed by atoms with E-state index in [1.807, 2.05) is 0 Å². The summed E-state index contributed by atoms with van der Waals surface area (Å²) in [6.07, 6.45) is 4.07. The minimum atomic E-state index is -3.52. The third-order valence-corrected chi connectivity index (χ3v) is 7.25. The summed E-state index contributed by atoms with van der Waals surface area (Å²) in [6.45, 7) is 1.54. The average Bonchev–Trinajstić information content (AvgIpc) is 3.50. The molecule has 1 saturated carbocycles. The number of hydrogen-bond donors (Lipinski definition) is 3. The molecule has 0 radical (unpaired) electrons. The Bertz CT molecular complexity index is 923. The maximum atomic E-state index is 12.7. The molecule has 1 heterocycles. The molecular weight excluding hydrogens is 456 g/mol. The van der Waals surface area contributed by atoms with E-state index in [4.69, 9.17) is 16.3 Å². The summed E-state index contributed by atoms with van der Waals surface area (Å²) in [7, 11) is -1.75. The number of imide groups is 1. The Labute approximate surface area is 194 Å². The van der Waals surface area contributed by atoms with Gasteiger partial charge in [0.05, 0.1) is 23.4 Å². The van der Waals surface area contributed by atoms with Gasteiger partial charge in [0.1, 0.15) is 12.3 Å². The lowest BCUT2D eigenvalue weighted by atomic mass is 10.1. The van der Waals surface area contributed by atoms with Gasteiger partial charge >= 0.3 is 6.03 Å². The van der Waals surface area contributed by atoms with E-state index < -0.39 is 16.1 Å². The van der Waals surface area contributed by atoms with Gasteiger partial charge in [-0.1, -0.05) is 24.1 Å². The molecule has 0 bridgehead atoms. The molecule has 1 saturated heterocycles. The Kier molecular flexibility index (Phi) is 8.75. The first-order chi connectivity index (χ1) is 15.3. The van der Waals surface area contributed by atoms with Crippen molar-refractivity contribution in [2.45, 2.75) is 38.1 Å². The second-order valence-corrected chi connectivity index (χ2v) is 10.6. The Morgan fingerprint density at radius 1 is 1.25 bits per heavy atom. The molecule has 3 rings (SSSR count). The first-order valence-electron chi connectivity index (χ1n) is 10.9. The number of carbonyl (C=O) groups excluding carboxylic acids is 2. The lowest BCUT2D eigenvalue weighted by molar-refractivity contribution is -0.118. The van der Waals surface area contributed by atoms with Crippen molar-refractivity contribution in [3.63, 3.8) is 0 Å². The van der Waals surface area contributed by atoms with E-state index in [2.05, 4.69) is 15.4 Å². The summed E-state index contributed by atoms with van der Waals surface area (Å²) in [5.41, 5.74) is 0.780. The number of benzene rings is 1. The number of amides is 3. The second kappa shape index (κ2) is 11.3. The Morgan fingerprint density at radius 3 is 2.69 bits per heavy atom. The van der Waals surface area contributed by atoms with Crippen LogP contribution in [0.5, 0.6) is 5.75 Å². The lowest BCUT2D eigenvalue weighted by Crippen LogP contribution is -2.36. The van der Waals surface area contributed by atoms with E-state index in [9.17, 15) is 18.0 Å². The zero-order chi connectivity index (χ0) is 23.1. The number of carbonyl (C=O) groups is 2. The molecule has 3 N–H and O–H groups in total. The van der Waals surface area contributed by atoms with Crippen LogP contribution in [0.2, 0.25) is 5.02 Å². The van der Waals surface area contributed by atoms with Crippen molar-refractivity contribution in [3.8, 4) is 5.75 Å². The molecule has 0 spiro atoms. The van der Waals surface area contributed by atoms with Crippen LogP contribution in [-0.2, 0) is 14.8 Å². The van der Waals surface area contributed by atoms with Crippen molar-refractivity contribution in [1.29, 1.82) is 0 Å². The van der Waals surface area contributed by atoms with Gasteiger partial charge in [-0.25, -0.2) is 17.9 Å². The fourth-order valence-electron chi connectivity index (χ4n) is 3.48. The van der Waals surface area contributed by atoms with Crippen molar-refractivity contribution < 1.29 is 22.7 Å². The Morgan fingerprint density at radius 2 is 2.03 bits per heavy atom. The maximum Gasteiger partial charge on any atom is 0.324 e. The number of nitrogens with one attached hydrogen (secondary N) is 3. The van der Waals surface area contributed by atoms with E-state index in [0.717, 1.165) is 5.56 Å². The molecule has 1 atom stereocenters. The zero-order valence-corrected chi connectivity index (χ0v) is 19.8. The molecular formula is C21H31ClN4O5S. The number of unbranched alkanes of at least 4 members (excludes halogenated alkanes) is 2. The summed E-state index contributed by atoms with van der Waals surface area (Å²) in [5.74, 6) is 0.833. The predicted octanol–water partition coefficient (Wildman–Crippen LogP) is 2.03. The number of ether oxygens (including phenoxy) is 1. The van der Waals surface area contributed by atoms with Gasteiger partial charge in [-0.15, -0.1) is 0 Å². The summed E-state index contributed by atoms with van der Waals surface area (Å²) in [5, 5.41) is 5.76. The topological polar surface area (TPSA) is 117 Å². The summed E-state index contributed by atoms with van der Waals surface area (Å²) >= 11 is 6.25. The normalized spacial score (nSPS) is 17.5. The van der Waals surface area contributed by atoms with Gasteiger partial charge < -0.3 is 15.0 Å². The molecule has 1 aliphatic carbocycles. The molecule has 1 aromatic rings. The third kappa shape index (κ3) is 7.61. The predicted molar refractivity (Wildman–Crippen MR) is 122 cm³/mol. The highest BCUT2D eigenvalue weighted by atomic mass is 35.5. The summed E-state index contributed by atoms with van der Waals surface area (Å²) < 4.78 is 33.9. The molecule has 11 heteroatoms. The number of hydrogen-bond acceptors (Lipinski definition) is 6. The van der Waals surface area contributed by atoms with Gasteiger partial charge in [0.25, 0.3) is 0 Å². The molecule has 32 heavy (non-hydrogen) atoms. The van der Waals surface area contributed by atoms with E-state index in [-0.39, 0.29) is 24.2 Å². The van der Waals surface area contributed by atoms with Crippen molar-refractivity contribution in [2.75, 3.05) is 39.0 Å². The van der Waals surface area contributed by atoms with Gasteiger partial charge in [0.15, 0.2) is 0 Å². The summed E-state index contributed by atoms with van der Waals surface area (Å²) in [4.78, 5) is 24.1. The van der Waals surface area contributed by atoms with Crippen molar-refractivity contribution in [2.24, 2.45) is 5.92 Å². The first-order valence-corrected chi connectivity index (χ1v) is 13.0. The highest BCUT2D eigenvalue weighted by molar-refractivity contribution is 7.89.